The summed E-state index contributed by atoms with van der Waals surface area (Å²) in [6, 6.07) is 82.4. The molecule has 3 nitrogen and oxygen atoms in total. The Bertz CT molecular complexity index is 4070. The number of para-hydroxylation sites is 1. The van der Waals surface area contributed by atoms with E-state index in [9.17, 15) is 0 Å². The third-order valence-corrected chi connectivity index (χ3v) is 15.7. The number of hydrogen-bond acceptors (Lipinski definition) is 3. The van der Waals surface area contributed by atoms with Crippen molar-refractivity contribution >= 4 is 60.5 Å². The van der Waals surface area contributed by atoms with Gasteiger partial charge in [-0.25, -0.2) is 0 Å². The van der Waals surface area contributed by atoms with E-state index >= 15 is 0 Å². The second-order valence-electron chi connectivity index (χ2n) is 19.5. The predicted molar refractivity (Wildman–Crippen MR) is 284 cm³/mol. The molecule has 69 heavy (non-hydrogen) atoms. The lowest BCUT2D eigenvalue weighted by Crippen LogP contribution is -2.32. The average molecular weight is 882 g/mol. The smallest absolute Gasteiger partial charge is 0.140 e. The summed E-state index contributed by atoms with van der Waals surface area (Å²) in [4.78, 5) is 2.38. The number of nitrogens with zero attached hydrogens (tertiary/aromatic N) is 1. The van der Waals surface area contributed by atoms with Crippen LogP contribution >= 0.6 is 0 Å². The van der Waals surface area contributed by atoms with Crippen molar-refractivity contribution in [3.8, 4) is 44.9 Å². The molecule has 324 valence electrons. The van der Waals surface area contributed by atoms with Gasteiger partial charge in [0.2, 0.25) is 0 Å². The zero-order chi connectivity index (χ0) is 45.6. The minimum Gasteiger partial charge on any atom is -0.456 e. The predicted octanol–water partition coefficient (Wildman–Crippen LogP) is 17.8. The number of benzene rings is 11. The van der Waals surface area contributed by atoms with Crippen LogP contribution in [0.25, 0.3) is 76.9 Å². The van der Waals surface area contributed by atoms with Crippen molar-refractivity contribution in [2.75, 3.05) is 4.90 Å². The van der Waals surface area contributed by atoms with E-state index in [1.165, 1.54) is 61.2 Å². The maximum atomic E-state index is 7.22. The first-order valence-corrected chi connectivity index (χ1v) is 24.0. The normalized spacial score (nSPS) is 14.3. The van der Waals surface area contributed by atoms with Crippen LogP contribution in [-0.4, -0.2) is 0 Å². The number of fused-ring (bicyclic) bond motifs is 19. The van der Waals surface area contributed by atoms with E-state index in [1.54, 1.807) is 0 Å². The van der Waals surface area contributed by atoms with E-state index in [1.807, 2.05) is 6.07 Å². The largest absolute Gasteiger partial charge is 0.456 e. The summed E-state index contributed by atoms with van der Waals surface area (Å²) in [6.45, 7) is 4.68. The van der Waals surface area contributed by atoms with Crippen molar-refractivity contribution in [1.82, 2.24) is 0 Å². The van der Waals surface area contributed by atoms with Crippen LogP contribution in [0.15, 0.2) is 229 Å². The number of furan rings is 1. The fourth-order valence-corrected chi connectivity index (χ4v) is 12.6. The number of anilines is 3. The highest BCUT2D eigenvalue weighted by molar-refractivity contribution is 6.07. The molecule has 0 N–H and O–H groups in total. The van der Waals surface area contributed by atoms with Crippen molar-refractivity contribution < 1.29 is 9.15 Å². The van der Waals surface area contributed by atoms with Gasteiger partial charge in [-0.15, -0.1) is 0 Å². The zero-order valence-corrected chi connectivity index (χ0v) is 38.1. The lowest BCUT2D eigenvalue weighted by molar-refractivity contribution is 0.447. The summed E-state index contributed by atoms with van der Waals surface area (Å²) in [5.74, 6) is 1.85. The second-order valence-corrected chi connectivity index (χ2v) is 19.5. The SMILES string of the molecule is CC1(C)c2ccccc2-c2cc(N(c3ccc(-c4cccc5c4-c4ccccc4C54c5ccc6ccccc6c5Oc5c4ccc4ccccc54)cc3)c3ccc4c(c3)oc3ccccc34)ccc21. The topological polar surface area (TPSA) is 25.6 Å². The molecule has 1 aromatic heterocycles. The van der Waals surface area contributed by atoms with Crippen LogP contribution in [-0.2, 0) is 10.8 Å². The van der Waals surface area contributed by atoms with Gasteiger partial charge < -0.3 is 14.1 Å². The summed E-state index contributed by atoms with van der Waals surface area (Å²) in [5, 5.41) is 6.80. The van der Waals surface area contributed by atoms with Crippen LogP contribution in [0.4, 0.5) is 17.1 Å². The molecule has 1 aliphatic heterocycles. The third-order valence-electron chi connectivity index (χ3n) is 15.7. The van der Waals surface area contributed by atoms with E-state index in [2.05, 4.69) is 237 Å². The molecule has 11 aromatic carbocycles. The Morgan fingerprint density at radius 3 is 1.64 bits per heavy atom. The van der Waals surface area contributed by atoms with Crippen molar-refractivity contribution in [2.45, 2.75) is 24.7 Å². The first kappa shape index (κ1) is 38.4. The van der Waals surface area contributed by atoms with Crippen LogP contribution in [0.2, 0.25) is 0 Å². The van der Waals surface area contributed by atoms with Gasteiger partial charge in [0, 0.05) is 61.2 Å². The molecule has 0 fully saturated rings. The van der Waals surface area contributed by atoms with Gasteiger partial charge in [0.05, 0.1) is 5.41 Å². The van der Waals surface area contributed by atoms with E-state index in [-0.39, 0.29) is 5.41 Å². The van der Waals surface area contributed by atoms with Gasteiger partial charge in [-0.05, 0) is 109 Å². The quantitative estimate of drug-likeness (QED) is 0.176. The molecule has 15 rings (SSSR count). The summed E-state index contributed by atoms with van der Waals surface area (Å²) in [7, 11) is 0. The zero-order valence-electron chi connectivity index (χ0n) is 38.1. The van der Waals surface area contributed by atoms with E-state index in [4.69, 9.17) is 9.15 Å². The summed E-state index contributed by atoms with van der Waals surface area (Å²) in [5.41, 5.74) is 19.3. The van der Waals surface area contributed by atoms with Crippen LogP contribution in [0.1, 0.15) is 47.2 Å². The Morgan fingerprint density at radius 2 is 0.884 bits per heavy atom. The molecule has 0 amide bonds. The molecule has 2 aliphatic carbocycles. The molecule has 0 saturated heterocycles. The number of rotatable bonds is 4. The fourth-order valence-electron chi connectivity index (χ4n) is 12.6. The minimum atomic E-state index is -0.619. The van der Waals surface area contributed by atoms with Gasteiger partial charge in [-0.1, -0.05) is 190 Å². The highest BCUT2D eigenvalue weighted by Gasteiger charge is 2.52. The Hall–Kier alpha value is -8.66. The third kappa shape index (κ3) is 5.17. The molecule has 1 spiro atoms. The second kappa shape index (κ2) is 13.9. The molecule has 0 saturated carbocycles. The van der Waals surface area contributed by atoms with Crippen molar-refractivity contribution in [3.63, 3.8) is 0 Å². The molecular weight excluding hydrogens is 839 g/mol. The van der Waals surface area contributed by atoms with Crippen LogP contribution in [0.5, 0.6) is 11.5 Å². The molecule has 0 unspecified atom stereocenters. The van der Waals surface area contributed by atoms with E-state index in [0.29, 0.717) is 0 Å². The van der Waals surface area contributed by atoms with Crippen molar-refractivity contribution in [2.24, 2.45) is 0 Å². The number of ether oxygens (including phenoxy) is 1. The Balaban J connectivity index is 0.927. The molecule has 0 radical (unpaired) electrons. The van der Waals surface area contributed by atoms with Gasteiger partial charge >= 0.3 is 0 Å². The molecule has 2 heterocycles. The molecular formula is C66H43NO2. The number of hydrogen-bond donors (Lipinski definition) is 0. The summed E-state index contributed by atoms with van der Waals surface area (Å²) >= 11 is 0. The lowest BCUT2D eigenvalue weighted by atomic mass is 9.65. The Morgan fingerprint density at radius 1 is 0.348 bits per heavy atom. The minimum absolute atomic E-state index is 0.0896. The average Bonchev–Trinajstić information content (AvgIpc) is 4.00. The molecule has 0 bridgehead atoms. The standard InChI is InChI=1S/C66H43NO2/c1-65(2)54-22-10-7-18-49(54)53-38-44(33-37-55(53)65)67(45-32-34-51-50-19-9-12-25-60(50)68-61(51)39-45)43-30-26-42(27-31-43)46-21-13-24-57-62(46)52-20-8-11-23-56(52)66(57)58-35-28-40-14-3-5-16-47(40)63(58)69-64-48-17-6-4-15-41(48)29-36-59(64)66/h3-39H,1-2H3. The fraction of sp³-hybridized carbons (Fsp3) is 0.0606. The highest BCUT2D eigenvalue weighted by Crippen LogP contribution is 2.65. The maximum Gasteiger partial charge on any atom is 0.140 e. The van der Waals surface area contributed by atoms with Crippen molar-refractivity contribution in [1.29, 1.82) is 0 Å². The van der Waals surface area contributed by atoms with Crippen LogP contribution < -0.4 is 9.64 Å². The molecule has 3 aliphatic rings. The van der Waals surface area contributed by atoms with Gasteiger partial charge in [-0.2, -0.15) is 0 Å². The monoisotopic (exact) mass is 881 g/mol. The van der Waals surface area contributed by atoms with Gasteiger partial charge in [0.25, 0.3) is 0 Å². The first-order valence-electron chi connectivity index (χ1n) is 24.0. The molecule has 0 atom stereocenters. The Labute approximate surface area is 400 Å². The summed E-state index contributed by atoms with van der Waals surface area (Å²) < 4.78 is 13.7. The van der Waals surface area contributed by atoms with Crippen LogP contribution in [0.3, 0.4) is 0 Å². The van der Waals surface area contributed by atoms with E-state index in [0.717, 1.165) is 77.6 Å². The molecule has 3 heteroatoms. The highest BCUT2D eigenvalue weighted by atomic mass is 16.5. The summed E-state index contributed by atoms with van der Waals surface area (Å²) in [6.07, 6.45) is 0. The molecule has 12 aromatic rings. The van der Waals surface area contributed by atoms with Gasteiger partial charge in [0.1, 0.15) is 22.7 Å². The first-order chi connectivity index (χ1) is 34.0. The maximum absolute atomic E-state index is 7.22. The van der Waals surface area contributed by atoms with E-state index < -0.39 is 5.41 Å². The van der Waals surface area contributed by atoms with Gasteiger partial charge in [0.15, 0.2) is 0 Å². The lowest BCUT2D eigenvalue weighted by Gasteiger charge is -2.40. The van der Waals surface area contributed by atoms with Crippen molar-refractivity contribution in [3.05, 3.63) is 258 Å². The van der Waals surface area contributed by atoms with Gasteiger partial charge in [-0.3, -0.25) is 0 Å². The van der Waals surface area contributed by atoms with Crippen LogP contribution in [0, 0.1) is 0 Å². The Kier molecular flexibility index (Phi) is 7.77.